The largest absolute Gasteiger partial charge is 0.481 e. The molecule has 3 heterocycles. The molecule has 8 nitrogen and oxygen atoms in total. The Labute approximate surface area is 277 Å². The van der Waals surface area contributed by atoms with E-state index in [4.69, 9.17) is 16.3 Å². The number of hydrogen-bond donors (Lipinski definition) is 2. The smallest absolute Gasteiger partial charge is 0.306 e. The number of nitrogens with one attached hydrogen (secondary N) is 1. The summed E-state index contributed by atoms with van der Waals surface area (Å²) in [6.45, 7) is 4.95. The molecule has 3 aromatic rings. The van der Waals surface area contributed by atoms with Crippen molar-refractivity contribution in [3.05, 3.63) is 63.7 Å². The number of halogens is 2. The Morgan fingerprint density at radius 3 is 2.39 bits per heavy atom. The summed E-state index contributed by atoms with van der Waals surface area (Å²) in [4.78, 5) is 43.7. The van der Waals surface area contributed by atoms with Crippen molar-refractivity contribution in [2.45, 2.75) is 76.7 Å². The first-order valence-electron chi connectivity index (χ1n) is 16.3. The Morgan fingerprint density at radius 1 is 1.02 bits per heavy atom. The highest BCUT2D eigenvalue weighted by Gasteiger charge is 2.53. The summed E-state index contributed by atoms with van der Waals surface area (Å²) in [5.41, 5.74) is 0.760. The number of ether oxygens (including phenoxy) is 1. The van der Waals surface area contributed by atoms with Gasteiger partial charge in [0.2, 0.25) is 5.85 Å². The van der Waals surface area contributed by atoms with Gasteiger partial charge in [-0.15, -0.1) is 11.3 Å². The fourth-order valence-corrected chi connectivity index (χ4v) is 8.38. The van der Waals surface area contributed by atoms with Gasteiger partial charge in [0, 0.05) is 48.1 Å². The number of carboxylic acid groups (broad SMARTS) is 1. The number of piperidine rings is 1. The van der Waals surface area contributed by atoms with Crippen molar-refractivity contribution in [3.63, 3.8) is 0 Å². The number of carboxylic acids is 1. The number of benzene rings is 2. The van der Waals surface area contributed by atoms with Gasteiger partial charge in [-0.2, -0.15) is 0 Å². The van der Waals surface area contributed by atoms with Gasteiger partial charge in [-0.3, -0.25) is 24.2 Å². The molecule has 1 amide bonds. The zero-order valence-electron chi connectivity index (χ0n) is 26.1. The molecule has 46 heavy (non-hydrogen) atoms. The molecule has 2 N–H and O–H groups in total. The van der Waals surface area contributed by atoms with Gasteiger partial charge >= 0.3 is 5.97 Å². The fourth-order valence-electron chi connectivity index (χ4n) is 7.21. The van der Waals surface area contributed by atoms with Gasteiger partial charge in [0.15, 0.2) is 5.78 Å². The van der Waals surface area contributed by atoms with Gasteiger partial charge in [0.05, 0.1) is 28.3 Å². The number of fused-ring (bicyclic) bond motifs is 1. The van der Waals surface area contributed by atoms with E-state index >= 15 is 4.39 Å². The highest BCUT2D eigenvalue weighted by molar-refractivity contribution is 7.17. The number of Topliss-reactive ketones (excluding diaryl/α,β-unsaturated/α-hetero) is 1. The molecule has 2 aliphatic heterocycles. The van der Waals surface area contributed by atoms with E-state index in [0.717, 1.165) is 35.8 Å². The zero-order chi connectivity index (χ0) is 32.4. The summed E-state index contributed by atoms with van der Waals surface area (Å²) in [6.07, 6.45) is 5.31. The van der Waals surface area contributed by atoms with Crippen LogP contribution in [0.5, 0.6) is 0 Å². The molecule has 0 spiro atoms. The van der Waals surface area contributed by atoms with E-state index in [1.165, 1.54) is 23.5 Å². The van der Waals surface area contributed by atoms with E-state index in [-0.39, 0.29) is 40.5 Å². The maximum atomic E-state index is 15.8. The molecule has 0 radical (unpaired) electrons. The van der Waals surface area contributed by atoms with Crippen molar-refractivity contribution >= 4 is 56.4 Å². The topological polar surface area (TPSA) is 99.2 Å². The third-order valence-corrected chi connectivity index (χ3v) is 11.2. The quantitative estimate of drug-likeness (QED) is 0.236. The van der Waals surface area contributed by atoms with E-state index < -0.39 is 23.6 Å². The molecule has 246 valence electrons. The van der Waals surface area contributed by atoms with Gasteiger partial charge in [-0.1, -0.05) is 36.7 Å². The van der Waals surface area contributed by atoms with Gasteiger partial charge in [0.25, 0.3) is 5.91 Å². The van der Waals surface area contributed by atoms with Crippen LogP contribution in [0.25, 0.3) is 10.1 Å². The van der Waals surface area contributed by atoms with Crippen molar-refractivity contribution in [2.75, 3.05) is 31.5 Å². The number of thiophene rings is 1. The highest BCUT2D eigenvalue weighted by atomic mass is 35.5. The van der Waals surface area contributed by atoms with E-state index in [1.54, 1.807) is 5.38 Å². The molecule has 6 rings (SSSR count). The molecule has 0 bridgehead atoms. The maximum absolute atomic E-state index is 15.8. The standard InChI is InChI=1S/C35H41ClFN3O5S/c1-22-12-16-40(17-13-22)35(39-14-4-5-15-39,45-25-10-8-23(9-11-25)34(43)44)32(41)19-24-18-28(36)30(20-29(24)37)38-33(42)27-21-46-31-7-3-2-6-26(27)31/h2-3,6-7,18,20-23,25H,4-5,8-17,19H2,1H3,(H,38,42)(H,43,44). The Kier molecular flexibility index (Phi) is 10.1. The lowest BCUT2D eigenvalue weighted by atomic mass is 9.87. The summed E-state index contributed by atoms with van der Waals surface area (Å²) in [6, 6.07) is 10.2. The second-order valence-electron chi connectivity index (χ2n) is 13.0. The SMILES string of the molecule is CC1CCN(C(OC2CCC(C(=O)O)CC2)(C(=O)Cc2cc(Cl)c(NC(=O)c3csc4ccccc34)cc2F)N2CCCC2)CC1. The van der Waals surface area contributed by atoms with Crippen LogP contribution in [0.1, 0.15) is 74.2 Å². The number of nitrogens with zero attached hydrogens (tertiary/aromatic N) is 2. The van der Waals surface area contributed by atoms with Crippen molar-refractivity contribution in [1.29, 1.82) is 0 Å². The van der Waals surface area contributed by atoms with Crippen LogP contribution in [0.15, 0.2) is 41.8 Å². The van der Waals surface area contributed by atoms with E-state index in [9.17, 15) is 19.5 Å². The predicted octanol–water partition coefficient (Wildman–Crippen LogP) is 7.20. The number of aliphatic carboxylic acids is 1. The lowest BCUT2D eigenvalue weighted by Gasteiger charge is -2.51. The fraction of sp³-hybridized carbons (Fsp3) is 0.514. The Balaban J connectivity index is 1.27. The average Bonchev–Trinajstić information content (AvgIpc) is 3.74. The first kappa shape index (κ1) is 33.0. The van der Waals surface area contributed by atoms with Crippen molar-refractivity contribution < 1.29 is 28.6 Å². The molecule has 1 aromatic heterocycles. The normalized spacial score (nSPS) is 22.9. The number of carbonyl (C=O) groups excluding carboxylic acids is 2. The zero-order valence-corrected chi connectivity index (χ0v) is 27.7. The van der Waals surface area contributed by atoms with Crippen LogP contribution < -0.4 is 5.32 Å². The molecular formula is C35H41ClFN3O5S. The first-order chi connectivity index (χ1) is 22.2. The summed E-state index contributed by atoms with van der Waals surface area (Å²) < 4.78 is 23.7. The number of hydrogen-bond acceptors (Lipinski definition) is 7. The molecule has 11 heteroatoms. The van der Waals surface area contributed by atoms with Crippen LogP contribution in [0.2, 0.25) is 5.02 Å². The molecule has 1 saturated carbocycles. The molecule has 2 aromatic carbocycles. The number of rotatable bonds is 10. The molecular weight excluding hydrogens is 629 g/mol. The van der Waals surface area contributed by atoms with Crippen LogP contribution in [0.3, 0.4) is 0 Å². The minimum Gasteiger partial charge on any atom is -0.481 e. The second kappa shape index (κ2) is 14.1. The molecule has 1 unspecified atom stereocenters. The molecule has 1 aliphatic carbocycles. The summed E-state index contributed by atoms with van der Waals surface area (Å²) in [7, 11) is 0. The molecule has 3 fully saturated rings. The summed E-state index contributed by atoms with van der Waals surface area (Å²) in [5.74, 6) is -3.31. The summed E-state index contributed by atoms with van der Waals surface area (Å²) in [5, 5.41) is 15.0. The highest BCUT2D eigenvalue weighted by Crippen LogP contribution is 2.38. The number of carbonyl (C=O) groups is 3. The van der Waals surface area contributed by atoms with Gasteiger partial charge in [-0.05, 0) is 81.0 Å². The van der Waals surface area contributed by atoms with Crippen molar-refractivity contribution in [2.24, 2.45) is 11.8 Å². The van der Waals surface area contributed by atoms with E-state index in [1.807, 2.05) is 24.3 Å². The number of amides is 1. The van der Waals surface area contributed by atoms with E-state index in [0.29, 0.717) is 63.3 Å². The molecule has 1 atom stereocenters. The van der Waals surface area contributed by atoms with Crippen LogP contribution in [0.4, 0.5) is 10.1 Å². The lowest BCUT2D eigenvalue weighted by molar-refractivity contribution is -0.260. The van der Waals surface area contributed by atoms with Crippen LogP contribution >= 0.6 is 22.9 Å². The van der Waals surface area contributed by atoms with Gasteiger partial charge < -0.3 is 15.2 Å². The van der Waals surface area contributed by atoms with Gasteiger partial charge in [-0.25, -0.2) is 4.39 Å². The maximum Gasteiger partial charge on any atom is 0.306 e. The minimum absolute atomic E-state index is 0.137. The Morgan fingerprint density at radius 2 is 1.70 bits per heavy atom. The van der Waals surface area contributed by atoms with Crippen LogP contribution in [-0.4, -0.2) is 70.7 Å². The number of anilines is 1. The van der Waals surface area contributed by atoms with Crippen LogP contribution in [0, 0.1) is 17.7 Å². The lowest BCUT2D eigenvalue weighted by Crippen LogP contribution is -2.69. The third kappa shape index (κ3) is 6.73. The number of ketones is 1. The predicted molar refractivity (Wildman–Crippen MR) is 178 cm³/mol. The molecule has 3 aliphatic rings. The molecule has 2 saturated heterocycles. The Hall–Kier alpha value is -2.89. The summed E-state index contributed by atoms with van der Waals surface area (Å²) >= 11 is 8.08. The van der Waals surface area contributed by atoms with Gasteiger partial charge in [0.1, 0.15) is 5.82 Å². The monoisotopic (exact) mass is 669 g/mol. The minimum atomic E-state index is -1.37. The van der Waals surface area contributed by atoms with Crippen molar-refractivity contribution in [3.8, 4) is 0 Å². The van der Waals surface area contributed by atoms with Crippen molar-refractivity contribution in [1.82, 2.24) is 9.80 Å². The Bertz CT molecular complexity index is 1590. The third-order valence-electron chi connectivity index (χ3n) is 9.93. The van der Waals surface area contributed by atoms with E-state index in [2.05, 4.69) is 22.0 Å². The first-order valence-corrected chi connectivity index (χ1v) is 17.6. The second-order valence-corrected chi connectivity index (χ2v) is 14.3. The van der Waals surface area contributed by atoms with Crippen LogP contribution in [-0.2, 0) is 20.7 Å². The number of likely N-dealkylation sites (tertiary alicyclic amines) is 2. The average molecular weight is 670 g/mol.